The number of aliphatic carboxylic acids is 1. The number of fused-ring (bicyclic) bond motifs is 1. The molecule has 0 aliphatic heterocycles. The minimum absolute atomic E-state index is 0.0179. The number of carbonyl (C=O) groups is 2. The molecule has 0 spiro atoms. The highest BCUT2D eigenvalue weighted by molar-refractivity contribution is 8.01. The van der Waals surface area contributed by atoms with Gasteiger partial charge in [-0.3, -0.25) is 14.2 Å². The third kappa shape index (κ3) is 4.19. The maximum absolute atomic E-state index is 12.8. The maximum Gasteiger partial charge on any atom is 0.306 e. The van der Waals surface area contributed by atoms with Gasteiger partial charge in [0.15, 0.2) is 5.16 Å². The van der Waals surface area contributed by atoms with Gasteiger partial charge in [-0.1, -0.05) is 49.0 Å². The molecule has 3 rings (SSSR count). The van der Waals surface area contributed by atoms with E-state index in [2.05, 4.69) is 35.3 Å². The first-order valence-corrected chi connectivity index (χ1v) is 10.3. The van der Waals surface area contributed by atoms with Gasteiger partial charge in [-0.15, -0.1) is 10.2 Å². The van der Waals surface area contributed by atoms with Crippen LogP contribution in [0.2, 0.25) is 0 Å². The molecule has 0 saturated heterocycles. The lowest BCUT2D eigenvalue weighted by Crippen LogP contribution is -2.31. The smallest absolute Gasteiger partial charge is 0.306 e. The zero-order valence-electron chi connectivity index (χ0n) is 17.3. The average Bonchev–Trinajstić information content (AvgIpc) is 3.01. The SMILES string of the molecule is Cc1ccc(-n2c(C)nnc2SC(C)(C)C(=O)CC(C)C(=O)O)c2ccccc12. The summed E-state index contributed by atoms with van der Waals surface area (Å²) in [5.41, 5.74) is 2.14. The number of thioether (sulfide) groups is 1. The van der Waals surface area contributed by atoms with Crippen molar-refractivity contribution in [1.29, 1.82) is 0 Å². The predicted octanol–water partition coefficient (Wildman–Crippen LogP) is 4.59. The molecule has 0 radical (unpaired) electrons. The van der Waals surface area contributed by atoms with Crippen molar-refractivity contribution in [3.63, 3.8) is 0 Å². The number of carbonyl (C=O) groups excluding carboxylic acids is 1. The predicted molar refractivity (Wildman–Crippen MR) is 115 cm³/mol. The third-order valence-electron chi connectivity index (χ3n) is 5.09. The molecule has 152 valence electrons. The third-order valence-corrected chi connectivity index (χ3v) is 6.27. The molecule has 1 N–H and O–H groups in total. The van der Waals surface area contributed by atoms with Crippen molar-refractivity contribution in [3.8, 4) is 5.69 Å². The summed E-state index contributed by atoms with van der Waals surface area (Å²) in [4.78, 5) is 23.9. The summed E-state index contributed by atoms with van der Waals surface area (Å²) in [6.07, 6.45) is -0.0179. The highest BCUT2D eigenvalue weighted by Gasteiger charge is 2.33. The highest BCUT2D eigenvalue weighted by atomic mass is 32.2. The van der Waals surface area contributed by atoms with Gasteiger partial charge in [-0.2, -0.15) is 0 Å². The summed E-state index contributed by atoms with van der Waals surface area (Å²) in [7, 11) is 0. The first-order valence-electron chi connectivity index (χ1n) is 9.47. The number of Topliss-reactive ketones (excluding diaryl/α,β-unsaturated/α-hetero) is 1. The van der Waals surface area contributed by atoms with E-state index in [0.29, 0.717) is 5.16 Å². The van der Waals surface area contributed by atoms with Crippen molar-refractivity contribution in [2.45, 2.75) is 50.9 Å². The van der Waals surface area contributed by atoms with Crippen molar-refractivity contribution >= 4 is 34.3 Å². The lowest BCUT2D eigenvalue weighted by atomic mass is 9.97. The number of hydrogen-bond acceptors (Lipinski definition) is 5. The topological polar surface area (TPSA) is 85.1 Å². The van der Waals surface area contributed by atoms with Crippen LogP contribution in [0.15, 0.2) is 41.6 Å². The Morgan fingerprint density at radius 3 is 2.41 bits per heavy atom. The van der Waals surface area contributed by atoms with Gasteiger partial charge in [0.2, 0.25) is 0 Å². The summed E-state index contributed by atoms with van der Waals surface area (Å²) in [5, 5.41) is 20.5. The van der Waals surface area contributed by atoms with Gasteiger partial charge < -0.3 is 5.11 Å². The molecular formula is C22H25N3O3S. The molecular weight excluding hydrogens is 386 g/mol. The molecule has 6 nitrogen and oxygen atoms in total. The first-order chi connectivity index (χ1) is 13.6. The Bertz CT molecular complexity index is 1090. The molecule has 1 heterocycles. The summed E-state index contributed by atoms with van der Waals surface area (Å²) in [5.74, 6) is -1.09. The quantitative estimate of drug-likeness (QED) is 0.573. The summed E-state index contributed by atoms with van der Waals surface area (Å²) in [6.45, 7) is 9.11. The van der Waals surface area contributed by atoms with Crippen LogP contribution in [0.25, 0.3) is 16.5 Å². The number of hydrogen-bond donors (Lipinski definition) is 1. The van der Waals surface area contributed by atoms with Crippen molar-refractivity contribution in [2.75, 3.05) is 0 Å². The van der Waals surface area contributed by atoms with Gasteiger partial charge in [0, 0.05) is 11.8 Å². The molecule has 1 aromatic heterocycles. The Kier molecular flexibility index (Phi) is 5.80. The standard InChI is InChI=1S/C22H25N3O3S/c1-13-10-11-18(17-9-7-6-8-16(13)17)25-15(3)23-24-21(25)29-22(4,5)19(26)12-14(2)20(27)28/h6-11,14H,12H2,1-5H3,(H,27,28). The molecule has 3 aromatic rings. The van der Waals surface area contributed by atoms with E-state index in [1.54, 1.807) is 20.8 Å². The van der Waals surface area contributed by atoms with Crippen LogP contribution in [-0.4, -0.2) is 36.4 Å². The largest absolute Gasteiger partial charge is 0.481 e. The van der Waals surface area contributed by atoms with Crippen molar-refractivity contribution in [3.05, 3.63) is 47.8 Å². The Balaban J connectivity index is 2.00. The van der Waals surface area contributed by atoms with Crippen LogP contribution in [0.4, 0.5) is 0 Å². The van der Waals surface area contributed by atoms with E-state index in [1.165, 1.54) is 17.3 Å². The van der Waals surface area contributed by atoms with Crippen LogP contribution < -0.4 is 0 Å². The summed E-state index contributed by atoms with van der Waals surface area (Å²) in [6, 6.07) is 12.3. The Hall–Kier alpha value is -2.67. The molecule has 1 atom stereocenters. The zero-order valence-corrected chi connectivity index (χ0v) is 18.1. The van der Waals surface area contributed by atoms with E-state index in [1.807, 2.05) is 29.7 Å². The van der Waals surface area contributed by atoms with Gasteiger partial charge in [0.25, 0.3) is 0 Å². The van der Waals surface area contributed by atoms with E-state index in [-0.39, 0.29) is 12.2 Å². The minimum Gasteiger partial charge on any atom is -0.481 e. The van der Waals surface area contributed by atoms with Gasteiger partial charge in [0.05, 0.1) is 16.4 Å². The van der Waals surface area contributed by atoms with Gasteiger partial charge in [0.1, 0.15) is 11.6 Å². The fraction of sp³-hybridized carbons (Fsp3) is 0.364. The van der Waals surface area contributed by atoms with E-state index in [9.17, 15) is 9.59 Å². The minimum atomic E-state index is -0.968. The van der Waals surface area contributed by atoms with Crippen LogP contribution >= 0.6 is 11.8 Å². The molecule has 0 amide bonds. The second kappa shape index (κ2) is 7.99. The van der Waals surface area contributed by atoms with Gasteiger partial charge in [-0.05, 0) is 44.7 Å². The molecule has 0 saturated carbocycles. The number of benzene rings is 2. The second-order valence-electron chi connectivity index (χ2n) is 7.79. The molecule has 7 heteroatoms. The van der Waals surface area contributed by atoms with Crippen LogP contribution in [0.3, 0.4) is 0 Å². The van der Waals surface area contributed by atoms with Crippen molar-refractivity contribution in [1.82, 2.24) is 14.8 Å². The lowest BCUT2D eigenvalue weighted by molar-refractivity contribution is -0.143. The number of rotatable bonds is 7. The average molecular weight is 412 g/mol. The second-order valence-corrected chi connectivity index (χ2v) is 9.38. The molecule has 2 aromatic carbocycles. The molecule has 0 aliphatic rings. The number of aryl methyl sites for hydroxylation is 2. The zero-order chi connectivity index (χ0) is 21.3. The Morgan fingerprint density at radius 2 is 1.76 bits per heavy atom. The van der Waals surface area contributed by atoms with Gasteiger partial charge >= 0.3 is 5.97 Å². The number of aromatic nitrogens is 3. The van der Waals surface area contributed by atoms with E-state index >= 15 is 0 Å². The van der Waals surface area contributed by atoms with Crippen LogP contribution in [-0.2, 0) is 9.59 Å². The van der Waals surface area contributed by atoms with Gasteiger partial charge in [-0.25, -0.2) is 0 Å². The van der Waals surface area contributed by atoms with E-state index in [4.69, 9.17) is 5.11 Å². The van der Waals surface area contributed by atoms with E-state index in [0.717, 1.165) is 22.3 Å². The van der Waals surface area contributed by atoms with Crippen LogP contribution in [0.5, 0.6) is 0 Å². The van der Waals surface area contributed by atoms with Crippen molar-refractivity contribution in [2.24, 2.45) is 5.92 Å². The first kappa shape index (κ1) is 21.0. The normalized spacial score (nSPS) is 12.9. The van der Waals surface area contributed by atoms with Crippen LogP contribution in [0, 0.1) is 19.8 Å². The maximum atomic E-state index is 12.8. The summed E-state index contributed by atoms with van der Waals surface area (Å²) < 4.78 is 1.13. The Morgan fingerprint density at radius 1 is 1.10 bits per heavy atom. The highest BCUT2D eigenvalue weighted by Crippen LogP contribution is 2.37. The molecule has 0 fully saturated rings. The molecule has 29 heavy (non-hydrogen) atoms. The Labute approximate surface area is 174 Å². The fourth-order valence-electron chi connectivity index (χ4n) is 3.21. The lowest BCUT2D eigenvalue weighted by Gasteiger charge is -2.23. The molecule has 0 aliphatic carbocycles. The number of carboxylic acids is 1. The fourth-order valence-corrected chi connectivity index (χ4v) is 4.27. The summed E-state index contributed by atoms with van der Waals surface area (Å²) >= 11 is 1.31. The van der Waals surface area contributed by atoms with Crippen LogP contribution in [0.1, 0.15) is 38.6 Å². The van der Waals surface area contributed by atoms with E-state index < -0.39 is 16.6 Å². The number of nitrogens with zero attached hydrogens (tertiary/aromatic N) is 3. The monoisotopic (exact) mass is 411 g/mol. The number of carboxylic acid groups (broad SMARTS) is 1. The molecule has 0 bridgehead atoms. The molecule has 1 unspecified atom stereocenters. The number of ketones is 1. The van der Waals surface area contributed by atoms with Crippen molar-refractivity contribution < 1.29 is 14.7 Å².